The summed E-state index contributed by atoms with van der Waals surface area (Å²) in [4.78, 5) is 0. The van der Waals surface area contributed by atoms with Gasteiger partial charge in [-0.2, -0.15) is 0 Å². The Morgan fingerprint density at radius 1 is 1.03 bits per heavy atom. The van der Waals surface area contributed by atoms with E-state index in [4.69, 9.17) is 4.74 Å². The molecule has 172 valence electrons. The zero-order valence-electron chi connectivity index (χ0n) is 20.4. The molecule has 1 aliphatic heterocycles. The molecule has 0 bridgehead atoms. The Bertz CT molecular complexity index is 861. The van der Waals surface area contributed by atoms with Crippen molar-refractivity contribution in [3.63, 3.8) is 0 Å². The Kier molecular flexibility index (Phi) is 4.89. The van der Waals surface area contributed by atoms with Gasteiger partial charge in [0, 0.05) is 11.8 Å². The second-order valence-corrected chi connectivity index (χ2v) is 12.4. The van der Waals surface area contributed by atoms with Crippen LogP contribution in [0.15, 0.2) is 34.8 Å². The molecule has 0 spiro atoms. The first-order chi connectivity index (χ1) is 14.5. The SMILES string of the molecule is CC(C)[C@@H](C)C1=C([C@](C)(O)[C@H]2CC[C@H]3C4=CC=C5C[C@@H](O)CC[C@]5(C)[C@H]4CC[C@@]32C)O1. The van der Waals surface area contributed by atoms with E-state index in [0.29, 0.717) is 23.7 Å². The lowest BCUT2D eigenvalue weighted by molar-refractivity contribution is -0.0511. The van der Waals surface area contributed by atoms with Gasteiger partial charge in [0.25, 0.3) is 0 Å². The predicted octanol–water partition coefficient (Wildman–Crippen LogP) is 6.13. The molecule has 8 atom stereocenters. The molecule has 3 nitrogen and oxygen atoms in total. The molecule has 4 aliphatic carbocycles. The van der Waals surface area contributed by atoms with E-state index in [1.165, 1.54) is 24.8 Å². The maximum Gasteiger partial charge on any atom is 0.174 e. The number of hydrogen-bond acceptors (Lipinski definition) is 3. The van der Waals surface area contributed by atoms with Crippen LogP contribution in [0.4, 0.5) is 0 Å². The number of fused-ring (bicyclic) bond motifs is 5. The molecule has 0 radical (unpaired) electrons. The number of aliphatic hydroxyl groups excluding tert-OH is 1. The number of rotatable bonds is 4. The Morgan fingerprint density at radius 2 is 1.77 bits per heavy atom. The van der Waals surface area contributed by atoms with Gasteiger partial charge in [0.1, 0.15) is 11.4 Å². The molecule has 0 saturated heterocycles. The highest BCUT2D eigenvalue weighted by atomic mass is 16.6. The van der Waals surface area contributed by atoms with Gasteiger partial charge in [-0.3, -0.25) is 0 Å². The first kappa shape index (κ1) is 21.8. The van der Waals surface area contributed by atoms with Crippen LogP contribution in [0.1, 0.15) is 86.5 Å². The number of hydrogen-bond donors (Lipinski definition) is 2. The highest BCUT2D eigenvalue weighted by Gasteiger charge is 2.62. The first-order valence-electron chi connectivity index (χ1n) is 12.7. The van der Waals surface area contributed by atoms with Crippen LogP contribution < -0.4 is 0 Å². The molecule has 0 aromatic rings. The molecule has 0 amide bonds. The fourth-order valence-corrected chi connectivity index (χ4v) is 8.11. The van der Waals surface area contributed by atoms with Crippen molar-refractivity contribution in [3.8, 4) is 0 Å². The van der Waals surface area contributed by atoms with Crippen molar-refractivity contribution < 1.29 is 14.9 Å². The molecule has 0 unspecified atom stereocenters. The van der Waals surface area contributed by atoms with E-state index in [1.54, 1.807) is 5.57 Å². The fraction of sp³-hybridized carbons (Fsp3) is 0.786. The summed E-state index contributed by atoms with van der Waals surface area (Å²) in [6, 6.07) is 0. The summed E-state index contributed by atoms with van der Waals surface area (Å²) in [5.41, 5.74) is 2.56. The second kappa shape index (κ2) is 6.97. The molecular weight excluding hydrogens is 384 g/mol. The van der Waals surface area contributed by atoms with Crippen LogP contribution >= 0.6 is 0 Å². The van der Waals surface area contributed by atoms with Gasteiger partial charge in [-0.25, -0.2) is 0 Å². The minimum Gasteiger partial charge on any atom is -0.455 e. The standard InChI is InChI=1S/C28H42O3/c1-16(2)17(3)24-25(31-24)28(6,30)23-10-9-21-20-8-7-18-15-19(29)11-13-26(18,4)22(20)12-14-27(21,23)5/h7-8,16-17,19,21-23,29-30H,9-15H2,1-6H3/t17-,19+,21+,22+,23+,26+,27+,28-/m1/s1. The lowest BCUT2D eigenvalue weighted by Gasteiger charge is -2.55. The molecule has 2 N–H and O–H groups in total. The van der Waals surface area contributed by atoms with Crippen LogP contribution in [0.3, 0.4) is 0 Å². The topological polar surface area (TPSA) is 53.0 Å². The number of aliphatic hydroxyl groups is 2. The second-order valence-electron chi connectivity index (χ2n) is 12.4. The van der Waals surface area contributed by atoms with Crippen molar-refractivity contribution in [1.82, 2.24) is 0 Å². The van der Waals surface area contributed by atoms with E-state index in [2.05, 4.69) is 46.8 Å². The van der Waals surface area contributed by atoms with E-state index in [9.17, 15) is 10.2 Å². The number of allylic oxidation sites excluding steroid dienone is 4. The summed E-state index contributed by atoms with van der Waals surface area (Å²) in [6.07, 6.45) is 12.1. The average molecular weight is 427 g/mol. The van der Waals surface area contributed by atoms with Gasteiger partial charge in [-0.1, -0.05) is 57.9 Å². The molecule has 0 aromatic carbocycles. The third kappa shape index (κ3) is 3.05. The molecule has 5 aliphatic rings. The minimum atomic E-state index is -0.871. The van der Waals surface area contributed by atoms with Crippen LogP contribution in [0.2, 0.25) is 0 Å². The fourth-order valence-electron chi connectivity index (χ4n) is 8.11. The van der Waals surface area contributed by atoms with E-state index in [0.717, 1.165) is 37.2 Å². The van der Waals surface area contributed by atoms with Gasteiger partial charge in [-0.15, -0.1) is 0 Å². The maximum absolute atomic E-state index is 11.8. The third-order valence-corrected chi connectivity index (χ3v) is 10.5. The molecule has 3 fully saturated rings. The van der Waals surface area contributed by atoms with Crippen LogP contribution in [-0.2, 0) is 4.74 Å². The first-order valence-corrected chi connectivity index (χ1v) is 12.7. The zero-order valence-corrected chi connectivity index (χ0v) is 20.4. The number of ether oxygens (including phenoxy) is 1. The summed E-state index contributed by atoms with van der Waals surface area (Å²) >= 11 is 0. The normalized spacial score (nSPS) is 44.4. The van der Waals surface area contributed by atoms with Crippen LogP contribution in [0.5, 0.6) is 0 Å². The van der Waals surface area contributed by atoms with E-state index in [-0.39, 0.29) is 22.9 Å². The van der Waals surface area contributed by atoms with Crippen molar-refractivity contribution in [2.45, 2.75) is 98.2 Å². The highest BCUT2D eigenvalue weighted by molar-refractivity contribution is 5.40. The minimum absolute atomic E-state index is 0.118. The average Bonchev–Trinajstić information content (AvgIpc) is 3.43. The monoisotopic (exact) mass is 426 g/mol. The summed E-state index contributed by atoms with van der Waals surface area (Å²) in [5.74, 6) is 4.20. The zero-order chi connectivity index (χ0) is 22.3. The summed E-state index contributed by atoms with van der Waals surface area (Å²) in [5, 5.41) is 22.0. The predicted molar refractivity (Wildman–Crippen MR) is 124 cm³/mol. The molecule has 3 heteroatoms. The molecule has 1 heterocycles. The molecule has 0 aromatic heterocycles. The summed E-state index contributed by atoms with van der Waals surface area (Å²) in [6.45, 7) is 13.6. The molecule has 5 rings (SSSR count). The highest BCUT2D eigenvalue weighted by Crippen LogP contribution is 2.67. The lowest BCUT2D eigenvalue weighted by Crippen LogP contribution is -2.49. The summed E-state index contributed by atoms with van der Waals surface area (Å²) < 4.78 is 5.98. The maximum atomic E-state index is 11.8. The van der Waals surface area contributed by atoms with Crippen LogP contribution in [0.25, 0.3) is 0 Å². The van der Waals surface area contributed by atoms with Crippen molar-refractivity contribution in [2.75, 3.05) is 0 Å². The van der Waals surface area contributed by atoms with Crippen LogP contribution in [-0.4, -0.2) is 21.9 Å². The van der Waals surface area contributed by atoms with Crippen molar-refractivity contribution >= 4 is 0 Å². The van der Waals surface area contributed by atoms with E-state index in [1.807, 2.05) is 6.92 Å². The third-order valence-electron chi connectivity index (χ3n) is 10.5. The largest absolute Gasteiger partial charge is 0.455 e. The molecular formula is C28H42O3. The van der Waals surface area contributed by atoms with Gasteiger partial charge in [-0.05, 0) is 80.5 Å². The quantitative estimate of drug-likeness (QED) is 0.568. The van der Waals surface area contributed by atoms with Gasteiger partial charge in [0.15, 0.2) is 5.76 Å². The van der Waals surface area contributed by atoms with E-state index >= 15 is 0 Å². The van der Waals surface area contributed by atoms with Gasteiger partial charge in [0.2, 0.25) is 0 Å². The van der Waals surface area contributed by atoms with Gasteiger partial charge in [0.05, 0.1) is 6.10 Å². The van der Waals surface area contributed by atoms with E-state index < -0.39 is 5.60 Å². The lowest BCUT2D eigenvalue weighted by atomic mass is 9.49. The Balaban J connectivity index is 1.44. The summed E-state index contributed by atoms with van der Waals surface area (Å²) in [7, 11) is 0. The van der Waals surface area contributed by atoms with Crippen molar-refractivity contribution in [3.05, 3.63) is 34.8 Å². The van der Waals surface area contributed by atoms with Gasteiger partial charge < -0.3 is 14.9 Å². The molecule has 3 saturated carbocycles. The van der Waals surface area contributed by atoms with Crippen LogP contribution in [0, 0.1) is 40.4 Å². The Labute approximate surface area is 188 Å². The Hall–Kier alpha value is -1.06. The smallest absolute Gasteiger partial charge is 0.174 e. The molecule has 31 heavy (non-hydrogen) atoms. The van der Waals surface area contributed by atoms with Crippen molar-refractivity contribution in [2.24, 2.45) is 40.4 Å². The Morgan fingerprint density at radius 3 is 2.48 bits per heavy atom. The van der Waals surface area contributed by atoms with Crippen molar-refractivity contribution in [1.29, 1.82) is 0 Å². The van der Waals surface area contributed by atoms with Gasteiger partial charge >= 0.3 is 0 Å².